The molecule has 0 bridgehead atoms. The van der Waals surface area contributed by atoms with E-state index in [4.69, 9.17) is 0 Å². The Bertz CT molecular complexity index is 1280. The number of benzene rings is 1. The summed E-state index contributed by atoms with van der Waals surface area (Å²) in [5, 5.41) is 3.70. The van der Waals surface area contributed by atoms with Crippen LogP contribution in [0.1, 0.15) is 49.8 Å². The van der Waals surface area contributed by atoms with E-state index < -0.39 is 35.4 Å². The number of carbonyl (C=O) groups excluding carboxylic acids is 2. The molecule has 40 heavy (non-hydrogen) atoms. The van der Waals surface area contributed by atoms with E-state index in [2.05, 4.69) is 10.00 Å². The van der Waals surface area contributed by atoms with Crippen LogP contribution in [0.25, 0.3) is 0 Å². The monoisotopic (exact) mass is 564 g/mol. The van der Waals surface area contributed by atoms with Crippen molar-refractivity contribution in [1.29, 1.82) is 0 Å². The highest BCUT2D eigenvalue weighted by Gasteiger charge is 2.56. The summed E-state index contributed by atoms with van der Waals surface area (Å²) < 4.78 is 56.3. The molecule has 2 heterocycles. The number of anilines is 1. The number of alkyl halides is 3. The Morgan fingerprint density at radius 1 is 1.07 bits per heavy atom. The van der Waals surface area contributed by atoms with E-state index in [-0.39, 0.29) is 24.2 Å². The van der Waals surface area contributed by atoms with Gasteiger partial charge in [0.05, 0.1) is 12.1 Å². The molecule has 2 aliphatic carbocycles. The summed E-state index contributed by atoms with van der Waals surface area (Å²) in [5.74, 6) is -0.398. The molecule has 218 valence electrons. The van der Waals surface area contributed by atoms with E-state index in [1.54, 1.807) is 12.1 Å². The Balaban J connectivity index is 1.50. The number of nitrogens with zero attached hydrogens (tertiary/aromatic N) is 6. The summed E-state index contributed by atoms with van der Waals surface area (Å²) in [6, 6.07) is 7.12. The first-order chi connectivity index (χ1) is 18.8. The van der Waals surface area contributed by atoms with Gasteiger partial charge < -0.3 is 9.80 Å². The van der Waals surface area contributed by atoms with Gasteiger partial charge in [-0.15, -0.1) is 0 Å². The van der Waals surface area contributed by atoms with Crippen molar-refractivity contribution in [3.63, 3.8) is 0 Å². The molecule has 1 aliphatic heterocycles. The predicted molar refractivity (Wildman–Crippen MR) is 141 cm³/mol. The lowest BCUT2D eigenvalue weighted by Gasteiger charge is -2.51. The molecule has 0 atom stereocenters. The van der Waals surface area contributed by atoms with Crippen LogP contribution in [-0.4, -0.2) is 83.2 Å². The molecule has 12 heteroatoms. The molecule has 0 N–H and O–H groups in total. The number of hydrogen-bond acceptors (Lipinski definition) is 4. The molecule has 3 fully saturated rings. The number of carbonyl (C=O) groups is 2. The summed E-state index contributed by atoms with van der Waals surface area (Å²) in [5.41, 5.74) is -1.29. The number of urea groups is 1. The number of hydrogen-bond donors (Lipinski definition) is 0. The molecule has 3 aliphatic rings. The average Bonchev–Trinajstić information content (AvgIpc) is 3.55. The lowest BCUT2D eigenvalue weighted by Crippen LogP contribution is -2.55. The van der Waals surface area contributed by atoms with Gasteiger partial charge in [-0.1, -0.05) is 12.1 Å². The van der Waals surface area contributed by atoms with Gasteiger partial charge in [-0.25, -0.2) is 13.9 Å². The molecule has 0 radical (unpaired) electrons. The number of likely N-dealkylation sites (N-methyl/N-ethyl adjacent to an activating group) is 1. The van der Waals surface area contributed by atoms with Crippen molar-refractivity contribution < 1.29 is 27.2 Å². The minimum Gasteiger partial charge on any atom is -0.347 e. The number of halogens is 4. The summed E-state index contributed by atoms with van der Waals surface area (Å²) in [4.78, 5) is 33.0. The van der Waals surface area contributed by atoms with Crippen molar-refractivity contribution in [1.82, 2.24) is 24.5 Å². The lowest BCUT2D eigenvalue weighted by molar-refractivity contribution is -0.142. The second-order valence-corrected chi connectivity index (χ2v) is 11.9. The van der Waals surface area contributed by atoms with Crippen molar-refractivity contribution in [3.8, 4) is 0 Å². The minimum atomic E-state index is -4.73. The van der Waals surface area contributed by atoms with Gasteiger partial charge >= 0.3 is 12.2 Å². The van der Waals surface area contributed by atoms with E-state index in [0.29, 0.717) is 38.1 Å². The summed E-state index contributed by atoms with van der Waals surface area (Å²) in [6.45, 7) is 0.326. The quantitative estimate of drug-likeness (QED) is 0.463. The highest BCUT2D eigenvalue weighted by atomic mass is 19.4. The molecule has 1 spiro atoms. The van der Waals surface area contributed by atoms with Gasteiger partial charge in [0.15, 0.2) is 5.69 Å². The third-order valence-corrected chi connectivity index (χ3v) is 8.96. The Hall–Kier alpha value is -3.15. The Labute approximate surface area is 231 Å². The number of amides is 3. The fraction of sp³-hybridized carbons (Fsp3) is 0.607. The van der Waals surface area contributed by atoms with Crippen LogP contribution in [0.15, 0.2) is 30.3 Å². The van der Waals surface area contributed by atoms with Gasteiger partial charge in [0.1, 0.15) is 18.2 Å². The molecule has 1 aromatic carbocycles. The minimum absolute atomic E-state index is 0.0280. The molecular formula is C28H36F4N6O2. The van der Waals surface area contributed by atoms with Crippen LogP contribution < -0.4 is 4.90 Å². The van der Waals surface area contributed by atoms with Crippen molar-refractivity contribution in [2.75, 3.05) is 46.2 Å². The van der Waals surface area contributed by atoms with Gasteiger partial charge in [0, 0.05) is 32.2 Å². The zero-order valence-electron chi connectivity index (χ0n) is 23.3. The molecule has 3 amide bonds. The maximum absolute atomic E-state index is 14.2. The van der Waals surface area contributed by atoms with Crippen molar-refractivity contribution in [2.45, 2.75) is 62.3 Å². The Morgan fingerprint density at radius 3 is 2.30 bits per heavy atom. The first-order valence-corrected chi connectivity index (χ1v) is 13.6. The van der Waals surface area contributed by atoms with Crippen LogP contribution in [0, 0.1) is 11.7 Å². The van der Waals surface area contributed by atoms with Crippen LogP contribution in [0.3, 0.4) is 0 Å². The van der Waals surface area contributed by atoms with E-state index in [1.165, 1.54) is 30.0 Å². The Morgan fingerprint density at radius 2 is 1.75 bits per heavy atom. The fourth-order valence-corrected chi connectivity index (χ4v) is 6.28. The van der Waals surface area contributed by atoms with E-state index in [0.717, 1.165) is 29.2 Å². The van der Waals surface area contributed by atoms with Gasteiger partial charge in [0.25, 0.3) is 0 Å². The van der Waals surface area contributed by atoms with Gasteiger partial charge in [0.2, 0.25) is 5.91 Å². The van der Waals surface area contributed by atoms with Crippen LogP contribution in [0.2, 0.25) is 0 Å². The maximum atomic E-state index is 14.2. The SMILES string of the molecule is CN(C)C(=O)Cn1nc(C(F)(F)F)cc1N1CC2(CCC(c3cccc(F)c3)(N(C)C)CC2)N(CC2CC2)C1=O. The van der Waals surface area contributed by atoms with Gasteiger partial charge in [-0.05, 0) is 76.2 Å². The second-order valence-electron chi connectivity index (χ2n) is 11.9. The largest absolute Gasteiger partial charge is 0.435 e. The maximum Gasteiger partial charge on any atom is 0.435 e. The lowest BCUT2D eigenvalue weighted by atomic mass is 9.68. The second kappa shape index (κ2) is 10.0. The zero-order valence-corrected chi connectivity index (χ0v) is 23.3. The molecule has 8 nitrogen and oxygen atoms in total. The van der Waals surface area contributed by atoms with Crippen molar-refractivity contribution in [3.05, 3.63) is 47.4 Å². The van der Waals surface area contributed by atoms with E-state index in [9.17, 15) is 27.2 Å². The molecule has 1 saturated heterocycles. The molecule has 0 unspecified atom stereocenters. The fourth-order valence-electron chi connectivity index (χ4n) is 6.28. The van der Waals surface area contributed by atoms with Crippen LogP contribution in [0.5, 0.6) is 0 Å². The zero-order chi connectivity index (χ0) is 29.0. The average molecular weight is 565 g/mol. The molecule has 2 aromatic rings. The standard InChI is InChI=1S/C28H36F4N6O2/c1-34(2)24(39)17-38-23(15-22(33-38)28(30,31)32)36-18-26(37(25(36)40)16-19-8-9-19)10-12-27(13-11-26,35(3)4)20-6-5-7-21(29)14-20/h5-7,14-15,19H,8-13,16-18H2,1-4H3. The third kappa shape index (κ3) is 5.06. The first-order valence-electron chi connectivity index (χ1n) is 13.6. The first kappa shape index (κ1) is 28.4. The van der Waals surface area contributed by atoms with Crippen molar-refractivity contribution in [2.24, 2.45) is 5.92 Å². The number of aromatic nitrogens is 2. The summed E-state index contributed by atoms with van der Waals surface area (Å²) >= 11 is 0. The van der Waals surface area contributed by atoms with Crippen LogP contribution in [-0.2, 0) is 23.1 Å². The number of rotatable bonds is 7. The van der Waals surface area contributed by atoms with Gasteiger partial charge in [-0.3, -0.25) is 14.6 Å². The van der Waals surface area contributed by atoms with E-state index in [1.807, 2.05) is 25.1 Å². The van der Waals surface area contributed by atoms with Crippen LogP contribution >= 0.6 is 0 Å². The Kier molecular flexibility index (Phi) is 7.12. The predicted octanol–water partition coefficient (Wildman–Crippen LogP) is 4.55. The van der Waals surface area contributed by atoms with Gasteiger partial charge in [-0.2, -0.15) is 18.3 Å². The van der Waals surface area contributed by atoms with Crippen LogP contribution in [0.4, 0.5) is 28.2 Å². The van der Waals surface area contributed by atoms with Crippen molar-refractivity contribution >= 4 is 17.8 Å². The molecular weight excluding hydrogens is 528 g/mol. The third-order valence-electron chi connectivity index (χ3n) is 8.96. The van der Waals surface area contributed by atoms with E-state index >= 15 is 0 Å². The normalized spacial score (nSPS) is 25.4. The smallest absolute Gasteiger partial charge is 0.347 e. The highest BCUT2D eigenvalue weighted by molar-refractivity contribution is 5.95. The molecule has 5 rings (SSSR count). The molecule has 2 saturated carbocycles. The summed E-state index contributed by atoms with van der Waals surface area (Å²) in [6.07, 6.45) is -0.191. The summed E-state index contributed by atoms with van der Waals surface area (Å²) in [7, 11) is 6.97. The highest BCUT2D eigenvalue weighted by Crippen LogP contribution is 2.50. The molecule has 1 aromatic heterocycles. The topological polar surface area (TPSA) is 64.9 Å².